The van der Waals surface area contributed by atoms with Crippen molar-refractivity contribution in [3.05, 3.63) is 46.5 Å². The summed E-state index contributed by atoms with van der Waals surface area (Å²) in [6, 6.07) is 6.10. The van der Waals surface area contributed by atoms with Crippen LogP contribution in [0.15, 0.2) is 24.5 Å². The topological polar surface area (TPSA) is 42.7 Å². The summed E-state index contributed by atoms with van der Waals surface area (Å²) in [5, 5.41) is 12.1. The van der Waals surface area contributed by atoms with Crippen LogP contribution in [0, 0.1) is 6.92 Å². The lowest BCUT2D eigenvalue weighted by molar-refractivity contribution is 0.612. The highest BCUT2D eigenvalue weighted by atomic mass is 35.5. The Balaban J connectivity index is 1.92. The minimum atomic E-state index is 0.693. The normalized spacial score (nSPS) is 10.8. The second kappa shape index (κ2) is 5.98. The van der Waals surface area contributed by atoms with Crippen molar-refractivity contribution in [3.63, 3.8) is 0 Å². The highest BCUT2D eigenvalue weighted by molar-refractivity contribution is 6.31. The molecular weight excluding hydrogens is 248 g/mol. The maximum Gasteiger partial charge on any atom is 0.146 e. The van der Waals surface area contributed by atoms with E-state index in [2.05, 4.69) is 34.6 Å². The van der Waals surface area contributed by atoms with Gasteiger partial charge in [-0.3, -0.25) is 0 Å². The average molecular weight is 265 g/mol. The molecule has 0 aliphatic carbocycles. The van der Waals surface area contributed by atoms with Crippen LogP contribution in [0.3, 0.4) is 0 Å². The highest BCUT2D eigenvalue weighted by Crippen LogP contribution is 2.17. The summed E-state index contributed by atoms with van der Waals surface area (Å²) in [5.41, 5.74) is 2.28. The molecule has 4 nitrogen and oxygen atoms in total. The van der Waals surface area contributed by atoms with Gasteiger partial charge in [0.25, 0.3) is 0 Å². The quantitative estimate of drug-likeness (QED) is 0.903. The van der Waals surface area contributed by atoms with Crippen LogP contribution in [-0.2, 0) is 19.6 Å². The van der Waals surface area contributed by atoms with Crippen molar-refractivity contribution in [2.24, 2.45) is 0 Å². The molecule has 18 heavy (non-hydrogen) atoms. The van der Waals surface area contributed by atoms with E-state index in [4.69, 9.17) is 11.6 Å². The third kappa shape index (κ3) is 3.09. The molecule has 1 N–H and O–H groups in total. The molecule has 0 unspecified atom stereocenters. The maximum absolute atomic E-state index is 6.18. The van der Waals surface area contributed by atoms with Gasteiger partial charge in [-0.15, -0.1) is 10.2 Å². The van der Waals surface area contributed by atoms with Gasteiger partial charge in [0.05, 0.1) is 6.54 Å². The summed E-state index contributed by atoms with van der Waals surface area (Å²) < 4.78 is 2.02. The second-order valence-electron chi connectivity index (χ2n) is 4.23. The minimum Gasteiger partial charge on any atom is -0.317 e. The molecule has 2 aromatic rings. The van der Waals surface area contributed by atoms with E-state index in [0.717, 1.165) is 29.5 Å². The molecule has 1 aromatic carbocycles. The van der Waals surface area contributed by atoms with Crippen LogP contribution in [0.2, 0.25) is 5.02 Å². The molecule has 0 spiro atoms. The number of aromatic nitrogens is 3. The van der Waals surface area contributed by atoms with E-state index >= 15 is 0 Å². The lowest BCUT2D eigenvalue weighted by Gasteiger charge is -2.08. The number of rotatable bonds is 5. The number of nitrogens with zero attached hydrogens (tertiary/aromatic N) is 3. The van der Waals surface area contributed by atoms with Crippen LogP contribution in [0.4, 0.5) is 0 Å². The predicted molar refractivity (Wildman–Crippen MR) is 72.4 cm³/mol. The first kappa shape index (κ1) is 13.1. The number of aryl methyl sites for hydroxylation is 2. The molecule has 0 saturated carbocycles. The van der Waals surface area contributed by atoms with Crippen LogP contribution in [0.25, 0.3) is 0 Å². The van der Waals surface area contributed by atoms with Crippen molar-refractivity contribution in [3.8, 4) is 0 Å². The van der Waals surface area contributed by atoms with E-state index in [-0.39, 0.29) is 0 Å². The molecule has 96 valence electrons. The predicted octanol–water partition coefficient (Wildman–Crippen LogP) is 2.55. The van der Waals surface area contributed by atoms with Crippen molar-refractivity contribution >= 4 is 11.6 Å². The summed E-state index contributed by atoms with van der Waals surface area (Å²) in [6.07, 6.45) is 1.75. The van der Waals surface area contributed by atoms with E-state index < -0.39 is 0 Å². The Hall–Kier alpha value is -1.39. The number of halogens is 1. The molecule has 0 radical (unpaired) electrons. The van der Waals surface area contributed by atoms with E-state index in [1.165, 1.54) is 5.56 Å². The molecule has 0 atom stereocenters. The Labute approximate surface area is 112 Å². The van der Waals surface area contributed by atoms with Crippen molar-refractivity contribution in [1.82, 2.24) is 20.1 Å². The Morgan fingerprint density at radius 3 is 2.89 bits per heavy atom. The fraction of sp³-hybridized carbons (Fsp3) is 0.385. The third-order valence-corrected chi connectivity index (χ3v) is 3.20. The first-order valence-electron chi connectivity index (χ1n) is 6.03. The third-order valence-electron chi connectivity index (χ3n) is 2.84. The van der Waals surface area contributed by atoms with Gasteiger partial charge in [-0.1, -0.05) is 23.7 Å². The number of hydrogen-bond acceptors (Lipinski definition) is 3. The van der Waals surface area contributed by atoms with Gasteiger partial charge < -0.3 is 9.88 Å². The second-order valence-corrected chi connectivity index (χ2v) is 4.64. The zero-order chi connectivity index (χ0) is 13.0. The van der Waals surface area contributed by atoms with Crippen LogP contribution < -0.4 is 5.32 Å². The Kier molecular flexibility index (Phi) is 4.33. The van der Waals surface area contributed by atoms with Gasteiger partial charge in [-0.2, -0.15) is 0 Å². The molecule has 0 fully saturated rings. The summed E-state index contributed by atoms with van der Waals surface area (Å²) >= 11 is 6.18. The van der Waals surface area contributed by atoms with Gasteiger partial charge in [0, 0.05) is 18.1 Å². The van der Waals surface area contributed by atoms with Gasteiger partial charge >= 0.3 is 0 Å². The average Bonchev–Trinajstić information content (AvgIpc) is 2.79. The molecule has 0 bridgehead atoms. The van der Waals surface area contributed by atoms with Gasteiger partial charge in [-0.25, -0.2) is 0 Å². The van der Waals surface area contributed by atoms with Crippen molar-refractivity contribution in [2.75, 3.05) is 0 Å². The summed E-state index contributed by atoms with van der Waals surface area (Å²) in [5.74, 6) is 0.945. The van der Waals surface area contributed by atoms with Crippen molar-refractivity contribution in [2.45, 2.75) is 33.5 Å². The molecule has 0 saturated heterocycles. The lowest BCUT2D eigenvalue weighted by atomic mass is 10.1. The molecule has 0 aliphatic rings. The number of nitrogens with one attached hydrogen (secondary N) is 1. The summed E-state index contributed by atoms with van der Waals surface area (Å²) in [6.45, 7) is 6.42. The van der Waals surface area contributed by atoms with Crippen molar-refractivity contribution < 1.29 is 0 Å². The first-order chi connectivity index (χ1) is 8.70. The van der Waals surface area contributed by atoms with Crippen LogP contribution in [0.5, 0.6) is 0 Å². The molecule has 0 amide bonds. The molecule has 5 heteroatoms. The Morgan fingerprint density at radius 1 is 1.33 bits per heavy atom. The molecule has 1 aromatic heterocycles. The zero-order valence-corrected chi connectivity index (χ0v) is 11.4. The number of hydrogen-bond donors (Lipinski definition) is 1. The van der Waals surface area contributed by atoms with Gasteiger partial charge in [0.15, 0.2) is 0 Å². The minimum absolute atomic E-state index is 0.693. The van der Waals surface area contributed by atoms with E-state index in [1.54, 1.807) is 6.33 Å². The summed E-state index contributed by atoms with van der Waals surface area (Å²) in [7, 11) is 0. The number of benzene rings is 1. The SMILES string of the molecule is CCn1cnnc1CNCc1ccc(C)cc1Cl. The molecular formula is C13H17ClN4. The maximum atomic E-state index is 6.18. The van der Waals surface area contributed by atoms with Crippen LogP contribution in [-0.4, -0.2) is 14.8 Å². The molecule has 1 heterocycles. The van der Waals surface area contributed by atoms with Gasteiger partial charge in [-0.05, 0) is 31.0 Å². The molecule has 0 aliphatic heterocycles. The summed E-state index contributed by atoms with van der Waals surface area (Å²) in [4.78, 5) is 0. The highest BCUT2D eigenvalue weighted by Gasteiger charge is 2.03. The fourth-order valence-corrected chi connectivity index (χ4v) is 2.09. The van der Waals surface area contributed by atoms with Gasteiger partial charge in [0.2, 0.25) is 0 Å². The first-order valence-corrected chi connectivity index (χ1v) is 6.41. The van der Waals surface area contributed by atoms with Crippen LogP contribution >= 0.6 is 11.6 Å². The lowest BCUT2D eigenvalue weighted by Crippen LogP contribution is -2.16. The van der Waals surface area contributed by atoms with Gasteiger partial charge in [0.1, 0.15) is 12.2 Å². The fourth-order valence-electron chi connectivity index (χ4n) is 1.78. The van der Waals surface area contributed by atoms with E-state index in [0.29, 0.717) is 6.54 Å². The largest absolute Gasteiger partial charge is 0.317 e. The standard InChI is InChI=1S/C13H17ClN4/c1-3-18-9-16-17-13(18)8-15-7-11-5-4-10(2)6-12(11)14/h4-6,9,15H,3,7-8H2,1-2H3. The Bertz CT molecular complexity index is 521. The van der Waals surface area contributed by atoms with Crippen LogP contribution in [0.1, 0.15) is 23.9 Å². The van der Waals surface area contributed by atoms with E-state index in [1.807, 2.05) is 17.6 Å². The monoisotopic (exact) mass is 264 g/mol. The smallest absolute Gasteiger partial charge is 0.146 e. The van der Waals surface area contributed by atoms with Crippen molar-refractivity contribution in [1.29, 1.82) is 0 Å². The Morgan fingerprint density at radius 2 is 2.17 bits per heavy atom. The van der Waals surface area contributed by atoms with E-state index in [9.17, 15) is 0 Å². The zero-order valence-electron chi connectivity index (χ0n) is 10.7. The molecule has 2 rings (SSSR count).